The van der Waals surface area contributed by atoms with Gasteiger partial charge in [-0.3, -0.25) is 10.2 Å². The van der Waals surface area contributed by atoms with Gasteiger partial charge < -0.3 is 0 Å². The molecule has 1 rings (SSSR count). The quantitative estimate of drug-likeness (QED) is 0.312. The fourth-order valence-corrected chi connectivity index (χ4v) is 2.13. The van der Waals surface area contributed by atoms with E-state index in [4.69, 9.17) is 5.84 Å². The SMILES string of the molecule is Cc1nnc(SCC(=O)NN)s1. The van der Waals surface area contributed by atoms with Crippen molar-refractivity contribution < 1.29 is 4.79 Å². The molecule has 0 saturated heterocycles. The van der Waals surface area contributed by atoms with Crippen LogP contribution in [0.1, 0.15) is 5.01 Å². The number of nitrogens with two attached hydrogens (primary N) is 1. The average molecular weight is 204 g/mol. The Balaban J connectivity index is 2.38. The summed E-state index contributed by atoms with van der Waals surface area (Å²) < 4.78 is 0.788. The Morgan fingerprint density at radius 3 is 3.00 bits per heavy atom. The van der Waals surface area contributed by atoms with Gasteiger partial charge in [0.05, 0.1) is 5.75 Å². The van der Waals surface area contributed by atoms with Crippen molar-refractivity contribution >= 4 is 29.0 Å². The zero-order valence-electron chi connectivity index (χ0n) is 6.40. The van der Waals surface area contributed by atoms with Crippen molar-refractivity contribution in [3.63, 3.8) is 0 Å². The minimum absolute atomic E-state index is 0.215. The molecule has 0 aliphatic heterocycles. The highest BCUT2D eigenvalue weighted by Gasteiger charge is 2.04. The number of aryl methyl sites for hydroxylation is 1. The molecule has 0 saturated carbocycles. The van der Waals surface area contributed by atoms with E-state index in [9.17, 15) is 4.79 Å². The minimum atomic E-state index is -0.215. The lowest BCUT2D eigenvalue weighted by atomic mass is 10.8. The van der Waals surface area contributed by atoms with E-state index in [-0.39, 0.29) is 11.7 Å². The summed E-state index contributed by atoms with van der Waals surface area (Å²) in [6, 6.07) is 0. The number of carbonyl (C=O) groups excluding carboxylic acids is 1. The third-order valence-electron chi connectivity index (χ3n) is 0.995. The maximum atomic E-state index is 10.7. The third kappa shape index (κ3) is 2.76. The summed E-state index contributed by atoms with van der Waals surface area (Å²) >= 11 is 2.79. The van der Waals surface area contributed by atoms with Gasteiger partial charge in [-0.15, -0.1) is 10.2 Å². The molecule has 0 spiro atoms. The van der Waals surface area contributed by atoms with E-state index in [0.29, 0.717) is 0 Å². The standard InChI is InChI=1S/C5H8N4OS2/c1-3-8-9-5(12-3)11-2-4(10)7-6/h2,6H2,1H3,(H,7,10). The summed E-state index contributed by atoms with van der Waals surface area (Å²) in [5.41, 5.74) is 2.04. The van der Waals surface area contributed by atoms with Crippen LogP contribution in [-0.4, -0.2) is 21.9 Å². The molecule has 0 radical (unpaired) electrons. The first-order valence-corrected chi connectivity index (χ1v) is 4.95. The van der Waals surface area contributed by atoms with Crippen molar-refractivity contribution in [2.75, 3.05) is 5.75 Å². The van der Waals surface area contributed by atoms with Crippen LogP contribution in [0, 0.1) is 6.92 Å². The Kier molecular flexibility index (Phi) is 3.45. The van der Waals surface area contributed by atoms with Crippen LogP contribution in [0.3, 0.4) is 0 Å². The van der Waals surface area contributed by atoms with E-state index < -0.39 is 0 Å². The van der Waals surface area contributed by atoms with E-state index in [0.717, 1.165) is 9.35 Å². The number of hydrazine groups is 1. The fourth-order valence-electron chi connectivity index (χ4n) is 0.506. The van der Waals surface area contributed by atoms with E-state index in [1.54, 1.807) is 0 Å². The van der Waals surface area contributed by atoms with Crippen LogP contribution in [0.15, 0.2) is 4.34 Å². The topological polar surface area (TPSA) is 80.9 Å². The number of nitrogens with one attached hydrogen (secondary N) is 1. The lowest BCUT2D eigenvalue weighted by Crippen LogP contribution is -2.31. The molecule has 66 valence electrons. The third-order valence-corrected chi connectivity index (χ3v) is 2.97. The normalized spacial score (nSPS) is 9.83. The lowest BCUT2D eigenvalue weighted by molar-refractivity contribution is -0.118. The van der Waals surface area contributed by atoms with Gasteiger partial charge in [0.2, 0.25) is 5.91 Å². The van der Waals surface area contributed by atoms with Gasteiger partial charge in [-0.2, -0.15) is 0 Å². The predicted octanol–water partition coefficient (Wildman–Crippen LogP) is -0.0715. The number of aromatic nitrogens is 2. The summed E-state index contributed by atoms with van der Waals surface area (Å²) in [6.45, 7) is 1.87. The maximum absolute atomic E-state index is 10.7. The van der Waals surface area contributed by atoms with Crippen LogP contribution in [0.5, 0.6) is 0 Å². The number of carbonyl (C=O) groups is 1. The van der Waals surface area contributed by atoms with E-state index in [2.05, 4.69) is 10.2 Å². The highest BCUT2D eigenvalue weighted by Crippen LogP contribution is 2.20. The summed E-state index contributed by atoms with van der Waals surface area (Å²) in [6.07, 6.45) is 0. The summed E-state index contributed by atoms with van der Waals surface area (Å²) in [7, 11) is 0. The van der Waals surface area contributed by atoms with Crippen LogP contribution in [-0.2, 0) is 4.79 Å². The molecular formula is C5H8N4OS2. The molecular weight excluding hydrogens is 196 g/mol. The average Bonchev–Trinajstić information content (AvgIpc) is 2.47. The van der Waals surface area contributed by atoms with Crippen LogP contribution < -0.4 is 11.3 Å². The fraction of sp³-hybridized carbons (Fsp3) is 0.400. The molecule has 1 amide bonds. The summed E-state index contributed by atoms with van der Waals surface area (Å²) in [5.74, 6) is 4.96. The first-order valence-electron chi connectivity index (χ1n) is 3.14. The Bertz CT molecular complexity index is 274. The van der Waals surface area contributed by atoms with Gasteiger partial charge >= 0.3 is 0 Å². The first-order chi connectivity index (χ1) is 5.72. The number of amides is 1. The highest BCUT2D eigenvalue weighted by atomic mass is 32.2. The summed E-state index contributed by atoms with van der Waals surface area (Å²) in [4.78, 5) is 10.7. The van der Waals surface area contributed by atoms with Crippen LogP contribution in [0.2, 0.25) is 0 Å². The molecule has 7 heteroatoms. The molecule has 0 atom stereocenters. The van der Waals surface area contributed by atoms with Gasteiger partial charge in [0, 0.05) is 0 Å². The highest BCUT2D eigenvalue weighted by molar-refractivity contribution is 8.01. The second kappa shape index (κ2) is 4.39. The van der Waals surface area contributed by atoms with Gasteiger partial charge in [-0.05, 0) is 6.92 Å². The molecule has 0 aliphatic carbocycles. The molecule has 1 heterocycles. The van der Waals surface area contributed by atoms with Gasteiger partial charge in [0.25, 0.3) is 0 Å². The van der Waals surface area contributed by atoms with Crippen molar-refractivity contribution in [1.29, 1.82) is 0 Å². The predicted molar refractivity (Wildman–Crippen MR) is 47.7 cm³/mol. The van der Waals surface area contributed by atoms with Gasteiger partial charge in [0.15, 0.2) is 4.34 Å². The first kappa shape index (κ1) is 9.43. The minimum Gasteiger partial charge on any atom is -0.294 e. The second-order valence-corrected chi connectivity index (χ2v) is 4.35. The van der Waals surface area contributed by atoms with E-state index in [1.807, 2.05) is 12.3 Å². The molecule has 0 aliphatic rings. The van der Waals surface area contributed by atoms with Crippen molar-refractivity contribution in [2.24, 2.45) is 5.84 Å². The zero-order chi connectivity index (χ0) is 8.97. The Hall–Kier alpha value is -0.660. The summed E-state index contributed by atoms with van der Waals surface area (Å²) in [5, 5.41) is 8.53. The zero-order valence-corrected chi connectivity index (χ0v) is 8.04. The lowest BCUT2D eigenvalue weighted by Gasteiger charge is -1.94. The number of hydrogen-bond acceptors (Lipinski definition) is 6. The van der Waals surface area contributed by atoms with Crippen LogP contribution in [0.4, 0.5) is 0 Å². The molecule has 0 bridgehead atoms. The number of rotatable bonds is 3. The van der Waals surface area contributed by atoms with Crippen molar-refractivity contribution in [3.05, 3.63) is 5.01 Å². The molecule has 5 nitrogen and oxygen atoms in total. The number of hydrogen-bond donors (Lipinski definition) is 2. The van der Waals surface area contributed by atoms with Crippen LogP contribution >= 0.6 is 23.1 Å². The van der Waals surface area contributed by atoms with Gasteiger partial charge in [0.1, 0.15) is 5.01 Å². The Labute approximate surface area is 77.7 Å². The van der Waals surface area contributed by atoms with Crippen molar-refractivity contribution in [1.82, 2.24) is 15.6 Å². The monoisotopic (exact) mass is 204 g/mol. The molecule has 0 aromatic carbocycles. The molecule has 1 aromatic heterocycles. The van der Waals surface area contributed by atoms with Crippen molar-refractivity contribution in [3.8, 4) is 0 Å². The molecule has 0 fully saturated rings. The largest absolute Gasteiger partial charge is 0.294 e. The molecule has 0 unspecified atom stereocenters. The number of nitrogens with zero attached hydrogens (tertiary/aromatic N) is 2. The Morgan fingerprint density at radius 2 is 2.50 bits per heavy atom. The van der Waals surface area contributed by atoms with Crippen molar-refractivity contribution in [2.45, 2.75) is 11.3 Å². The Morgan fingerprint density at radius 1 is 1.75 bits per heavy atom. The van der Waals surface area contributed by atoms with Gasteiger partial charge in [-0.1, -0.05) is 23.1 Å². The van der Waals surface area contributed by atoms with Crippen LogP contribution in [0.25, 0.3) is 0 Å². The second-order valence-electron chi connectivity index (χ2n) is 1.94. The van der Waals surface area contributed by atoms with E-state index in [1.165, 1.54) is 23.1 Å². The smallest absolute Gasteiger partial charge is 0.244 e. The van der Waals surface area contributed by atoms with E-state index >= 15 is 0 Å². The number of thioether (sulfide) groups is 1. The van der Waals surface area contributed by atoms with Gasteiger partial charge in [-0.25, -0.2) is 5.84 Å². The molecule has 3 N–H and O–H groups in total. The molecule has 12 heavy (non-hydrogen) atoms. The maximum Gasteiger partial charge on any atom is 0.244 e. The molecule has 1 aromatic rings.